The quantitative estimate of drug-likeness (QED) is 0.638. The van der Waals surface area contributed by atoms with E-state index in [1.165, 1.54) is 0 Å². The van der Waals surface area contributed by atoms with Crippen LogP contribution in [-0.2, 0) is 4.79 Å². The smallest absolute Gasteiger partial charge is 0.303 e. The first kappa shape index (κ1) is 10.3. The first-order chi connectivity index (χ1) is 5.84. The Labute approximate surface area is 78.1 Å². The SMILES string of the molecule is CC1=CC(C)(C)[C@@H](CC(=O)O)[C@@H]1O. The summed E-state index contributed by atoms with van der Waals surface area (Å²) in [7, 11) is 0. The minimum absolute atomic E-state index is 0.0298. The Kier molecular flexibility index (Phi) is 2.48. The van der Waals surface area contributed by atoms with Gasteiger partial charge in [0.15, 0.2) is 0 Å². The van der Waals surface area contributed by atoms with Crippen LogP contribution in [-0.4, -0.2) is 22.3 Å². The summed E-state index contributed by atoms with van der Waals surface area (Å²) in [5, 5.41) is 18.4. The fourth-order valence-electron chi connectivity index (χ4n) is 2.07. The van der Waals surface area contributed by atoms with Crippen LogP contribution in [0.25, 0.3) is 0 Å². The number of aliphatic carboxylic acids is 1. The lowest BCUT2D eigenvalue weighted by molar-refractivity contribution is -0.139. The first-order valence-corrected chi connectivity index (χ1v) is 4.44. The zero-order valence-corrected chi connectivity index (χ0v) is 8.24. The van der Waals surface area contributed by atoms with E-state index in [0.29, 0.717) is 0 Å². The molecule has 1 rings (SSSR count). The molecule has 0 aromatic rings. The minimum Gasteiger partial charge on any atom is -0.481 e. The average Bonchev–Trinajstić information content (AvgIpc) is 2.12. The molecule has 0 bridgehead atoms. The van der Waals surface area contributed by atoms with Gasteiger partial charge in [0, 0.05) is 5.92 Å². The van der Waals surface area contributed by atoms with Crippen molar-refractivity contribution in [2.75, 3.05) is 0 Å². The van der Waals surface area contributed by atoms with Gasteiger partial charge in [0.05, 0.1) is 12.5 Å². The van der Waals surface area contributed by atoms with Crippen LogP contribution < -0.4 is 0 Å². The summed E-state index contributed by atoms with van der Waals surface area (Å²) in [5.41, 5.74) is 0.679. The number of aliphatic hydroxyl groups is 1. The Morgan fingerprint density at radius 3 is 2.46 bits per heavy atom. The van der Waals surface area contributed by atoms with Gasteiger partial charge in [0.2, 0.25) is 0 Å². The van der Waals surface area contributed by atoms with E-state index in [0.717, 1.165) is 5.57 Å². The van der Waals surface area contributed by atoms with Gasteiger partial charge >= 0.3 is 5.97 Å². The molecule has 2 atom stereocenters. The molecular weight excluding hydrogens is 168 g/mol. The maximum Gasteiger partial charge on any atom is 0.303 e. The number of hydrogen-bond donors (Lipinski definition) is 2. The lowest BCUT2D eigenvalue weighted by Gasteiger charge is -2.27. The summed E-state index contributed by atoms with van der Waals surface area (Å²) in [5.74, 6) is -1.04. The lowest BCUT2D eigenvalue weighted by Crippen LogP contribution is -2.29. The van der Waals surface area contributed by atoms with Gasteiger partial charge < -0.3 is 10.2 Å². The standard InChI is InChI=1S/C10H16O3/c1-6-5-10(2,3)7(9(6)13)4-8(11)12/h5,7,9,13H,4H2,1-3H3,(H,11,12)/t7-,9+/m0/s1. The summed E-state index contributed by atoms with van der Waals surface area (Å²) >= 11 is 0. The summed E-state index contributed by atoms with van der Waals surface area (Å²) in [6.07, 6.45) is 1.40. The zero-order chi connectivity index (χ0) is 10.2. The predicted octanol–water partition coefficient (Wildman–Crippen LogP) is 1.42. The van der Waals surface area contributed by atoms with Gasteiger partial charge in [-0.15, -0.1) is 0 Å². The van der Waals surface area contributed by atoms with Gasteiger partial charge in [-0.1, -0.05) is 19.9 Å². The second-order valence-corrected chi connectivity index (χ2v) is 4.36. The third kappa shape index (κ3) is 1.91. The number of carboxylic acids is 1. The van der Waals surface area contributed by atoms with E-state index in [1.807, 2.05) is 26.8 Å². The largest absolute Gasteiger partial charge is 0.481 e. The molecule has 0 heterocycles. The van der Waals surface area contributed by atoms with Gasteiger partial charge in [-0.2, -0.15) is 0 Å². The summed E-state index contributed by atoms with van der Waals surface area (Å²) < 4.78 is 0. The van der Waals surface area contributed by atoms with Crippen LogP contribution in [0.5, 0.6) is 0 Å². The molecule has 0 radical (unpaired) electrons. The molecule has 0 saturated heterocycles. The normalized spacial score (nSPS) is 31.5. The number of carboxylic acid groups (broad SMARTS) is 1. The van der Waals surface area contributed by atoms with Crippen LogP contribution in [0.3, 0.4) is 0 Å². The number of aliphatic hydroxyl groups excluding tert-OH is 1. The molecule has 0 spiro atoms. The van der Waals surface area contributed by atoms with E-state index in [9.17, 15) is 9.90 Å². The number of hydrogen-bond acceptors (Lipinski definition) is 2. The van der Waals surface area contributed by atoms with Crippen molar-refractivity contribution >= 4 is 5.97 Å². The molecule has 3 nitrogen and oxygen atoms in total. The molecule has 1 aliphatic rings. The van der Waals surface area contributed by atoms with Crippen molar-refractivity contribution in [2.45, 2.75) is 33.3 Å². The van der Waals surface area contributed by atoms with Crippen LogP contribution in [0, 0.1) is 11.3 Å². The number of allylic oxidation sites excluding steroid dienone is 1. The van der Waals surface area contributed by atoms with Crippen molar-refractivity contribution in [1.82, 2.24) is 0 Å². The Hall–Kier alpha value is -0.830. The van der Waals surface area contributed by atoms with E-state index in [1.54, 1.807) is 0 Å². The molecule has 74 valence electrons. The summed E-state index contributed by atoms with van der Waals surface area (Å²) in [6.45, 7) is 5.76. The molecule has 3 heteroatoms. The van der Waals surface area contributed by atoms with E-state index in [2.05, 4.69) is 0 Å². The topological polar surface area (TPSA) is 57.5 Å². The second-order valence-electron chi connectivity index (χ2n) is 4.36. The van der Waals surface area contributed by atoms with Gasteiger partial charge in [0.25, 0.3) is 0 Å². The van der Waals surface area contributed by atoms with Crippen molar-refractivity contribution in [3.05, 3.63) is 11.6 Å². The summed E-state index contributed by atoms with van der Waals surface area (Å²) in [6, 6.07) is 0. The zero-order valence-electron chi connectivity index (χ0n) is 8.24. The fraction of sp³-hybridized carbons (Fsp3) is 0.700. The third-order valence-corrected chi connectivity index (χ3v) is 2.80. The number of carbonyl (C=O) groups is 1. The van der Waals surface area contributed by atoms with Crippen LogP contribution >= 0.6 is 0 Å². The predicted molar refractivity (Wildman–Crippen MR) is 49.3 cm³/mol. The first-order valence-electron chi connectivity index (χ1n) is 4.44. The fourth-order valence-corrected chi connectivity index (χ4v) is 2.07. The third-order valence-electron chi connectivity index (χ3n) is 2.80. The van der Waals surface area contributed by atoms with E-state index in [-0.39, 0.29) is 17.8 Å². The Morgan fingerprint density at radius 1 is 1.62 bits per heavy atom. The highest BCUT2D eigenvalue weighted by Gasteiger charge is 2.40. The highest BCUT2D eigenvalue weighted by Crippen LogP contribution is 2.42. The van der Waals surface area contributed by atoms with Crippen molar-refractivity contribution < 1.29 is 15.0 Å². The molecule has 0 unspecified atom stereocenters. The van der Waals surface area contributed by atoms with Crippen molar-refractivity contribution in [3.63, 3.8) is 0 Å². The van der Waals surface area contributed by atoms with Gasteiger partial charge in [0.1, 0.15) is 0 Å². The summed E-state index contributed by atoms with van der Waals surface area (Å²) in [4.78, 5) is 10.6. The van der Waals surface area contributed by atoms with Crippen molar-refractivity contribution in [1.29, 1.82) is 0 Å². The Balaban J connectivity index is 2.81. The molecule has 2 N–H and O–H groups in total. The molecule has 0 fully saturated rings. The van der Waals surface area contributed by atoms with Gasteiger partial charge in [-0.05, 0) is 17.9 Å². The van der Waals surface area contributed by atoms with Crippen molar-refractivity contribution in [3.8, 4) is 0 Å². The number of rotatable bonds is 2. The molecule has 0 amide bonds. The molecule has 0 aromatic heterocycles. The van der Waals surface area contributed by atoms with Crippen LogP contribution in [0.2, 0.25) is 0 Å². The van der Waals surface area contributed by atoms with E-state index < -0.39 is 12.1 Å². The van der Waals surface area contributed by atoms with Crippen LogP contribution in [0.1, 0.15) is 27.2 Å². The Bertz CT molecular complexity index is 253. The van der Waals surface area contributed by atoms with Gasteiger partial charge in [-0.25, -0.2) is 0 Å². The molecule has 0 aromatic carbocycles. The molecular formula is C10H16O3. The van der Waals surface area contributed by atoms with Crippen molar-refractivity contribution in [2.24, 2.45) is 11.3 Å². The minimum atomic E-state index is -0.847. The molecule has 0 saturated carbocycles. The highest BCUT2D eigenvalue weighted by atomic mass is 16.4. The highest BCUT2D eigenvalue weighted by molar-refractivity contribution is 5.67. The van der Waals surface area contributed by atoms with Gasteiger partial charge in [-0.3, -0.25) is 4.79 Å². The Morgan fingerprint density at radius 2 is 2.15 bits per heavy atom. The lowest BCUT2D eigenvalue weighted by atomic mass is 9.79. The van der Waals surface area contributed by atoms with Crippen LogP contribution in [0.4, 0.5) is 0 Å². The second kappa shape index (κ2) is 3.14. The maximum atomic E-state index is 10.6. The monoisotopic (exact) mass is 184 g/mol. The molecule has 13 heavy (non-hydrogen) atoms. The maximum absolute atomic E-state index is 10.6. The molecule has 1 aliphatic carbocycles. The average molecular weight is 184 g/mol. The van der Waals surface area contributed by atoms with E-state index in [4.69, 9.17) is 5.11 Å². The van der Waals surface area contributed by atoms with Crippen LogP contribution in [0.15, 0.2) is 11.6 Å². The van der Waals surface area contributed by atoms with E-state index >= 15 is 0 Å². The molecule has 0 aliphatic heterocycles.